The second-order valence-electron chi connectivity index (χ2n) is 6.36. The van der Waals surface area contributed by atoms with E-state index < -0.39 is 59.2 Å². The van der Waals surface area contributed by atoms with E-state index in [1.165, 1.54) is 12.1 Å². The Labute approximate surface area is 168 Å². The van der Waals surface area contributed by atoms with Gasteiger partial charge >= 0.3 is 17.9 Å². The molecule has 0 saturated carbocycles. The van der Waals surface area contributed by atoms with Gasteiger partial charge in [0.2, 0.25) is 6.29 Å². The SMILES string of the molecule is CC(=O)OC[C@H]1OC(OC(C)=O)[C@H](OC(C)=O)[C@H]1OS(=O)(=O)c1ccc(C)cc1. The van der Waals surface area contributed by atoms with Gasteiger partial charge in [0.05, 0.1) is 4.90 Å². The molecule has 4 atom stereocenters. The van der Waals surface area contributed by atoms with Crippen LogP contribution in [0.4, 0.5) is 0 Å². The van der Waals surface area contributed by atoms with Crippen LogP contribution >= 0.6 is 0 Å². The van der Waals surface area contributed by atoms with Gasteiger partial charge in [-0.25, -0.2) is 0 Å². The topological polar surface area (TPSA) is 132 Å². The van der Waals surface area contributed by atoms with E-state index in [2.05, 4.69) is 0 Å². The number of hydrogen-bond donors (Lipinski definition) is 0. The zero-order valence-corrected chi connectivity index (χ0v) is 17.1. The third kappa shape index (κ3) is 6.24. The van der Waals surface area contributed by atoms with Crippen molar-refractivity contribution in [2.75, 3.05) is 6.61 Å². The summed E-state index contributed by atoms with van der Waals surface area (Å²) in [5, 5.41) is 0. The fraction of sp³-hybridized carbons (Fsp3) is 0.500. The van der Waals surface area contributed by atoms with Gasteiger partial charge in [-0.1, -0.05) is 17.7 Å². The van der Waals surface area contributed by atoms with Crippen molar-refractivity contribution in [2.24, 2.45) is 0 Å². The van der Waals surface area contributed by atoms with Gasteiger partial charge in [-0.15, -0.1) is 0 Å². The Bertz CT molecular complexity index is 861. The van der Waals surface area contributed by atoms with Crippen molar-refractivity contribution in [3.8, 4) is 0 Å². The fourth-order valence-corrected chi connectivity index (χ4v) is 3.73. The highest BCUT2D eigenvalue weighted by Crippen LogP contribution is 2.31. The van der Waals surface area contributed by atoms with Crippen molar-refractivity contribution < 1.29 is 45.9 Å². The number of benzene rings is 1. The summed E-state index contributed by atoms with van der Waals surface area (Å²) in [4.78, 5) is 33.9. The molecule has 0 radical (unpaired) electrons. The molecule has 0 amide bonds. The van der Waals surface area contributed by atoms with Crippen LogP contribution in [0.5, 0.6) is 0 Å². The number of ether oxygens (including phenoxy) is 4. The summed E-state index contributed by atoms with van der Waals surface area (Å²) in [7, 11) is -4.30. The lowest BCUT2D eigenvalue weighted by atomic mass is 10.1. The van der Waals surface area contributed by atoms with Gasteiger partial charge in [-0.2, -0.15) is 8.42 Å². The van der Waals surface area contributed by atoms with E-state index in [0.717, 1.165) is 26.3 Å². The van der Waals surface area contributed by atoms with Crippen LogP contribution in [-0.4, -0.2) is 57.5 Å². The highest BCUT2D eigenvalue weighted by molar-refractivity contribution is 7.86. The minimum atomic E-state index is -4.30. The average molecular weight is 430 g/mol. The molecule has 1 unspecified atom stereocenters. The molecule has 1 aliphatic rings. The van der Waals surface area contributed by atoms with E-state index in [9.17, 15) is 22.8 Å². The Morgan fingerprint density at radius 2 is 1.52 bits per heavy atom. The largest absolute Gasteiger partial charge is 0.463 e. The Kier molecular flexibility index (Phi) is 7.33. The molecule has 10 nitrogen and oxygen atoms in total. The van der Waals surface area contributed by atoms with Crippen LogP contribution in [-0.2, 0) is 47.6 Å². The molecule has 1 aromatic carbocycles. The van der Waals surface area contributed by atoms with Crippen molar-refractivity contribution in [2.45, 2.75) is 57.2 Å². The highest BCUT2D eigenvalue weighted by Gasteiger charge is 2.52. The molecular formula is C18H22O10S. The van der Waals surface area contributed by atoms with Gasteiger partial charge in [0.15, 0.2) is 12.2 Å². The predicted molar refractivity (Wildman–Crippen MR) is 95.9 cm³/mol. The summed E-state index contributed by atoms with van der Waals surface area (Å²) in [6.07, 6.45) is -5.42. The Morgan fingerprint density at radius 1 is 0.931 bits per heavy atom. The smallest absolute Gasteiger partial charge is 0.305 e. The van der Waals surface area contributed by atoms with Gasteiger partial charge < -0.3 is 18.9 Å². The maximum absolute atomic E-state index is 12.7. The molecule has 0 N–H and O–H groups in total. The van der Waals surface area contributed by atoms with Gasteiger partial charge in [0.25, 0.3) is 10.1 Å². The molecular weight excluding hydrogens is 408 g/mol. The van der Waals surface area contributed by atoms with E-state index >= 15 is 0 Å². The van der Waals surface area contributed by atoms with E-state index in [1.807, 2.05) is 0 Å². The minimum Gasteiger partial charge on any atom is -0.463 e. The number of aryl methyl sites for hydroxylation is 1. The first-order valence-corrected chi connectivity index (χ1v) is 10.0. The lowest BCUT2D eigenvalue weighted by Gasteiger charge is -2.23. The van der Waals surface area contributed by atoms with Crippen LogP contribution in [0.25, 0.3) is 0 Å². The average Bonchev–Trinajstić information content (AvgIpc) is 2.88. The first-order valence-electron chi connectivity index (χ1n) is 8.63. The number of carbonyl (C=O) groups is 3. The fourth-order valence-electron chi connectivity index (χ4n) is 2.62. The molecule has 11 heteroatoms. The number of hydrogen-bond acceptors (Lipinski definition) is 10. The molecule has 0 spiro atoms. The summed E-state index contributed by atoms with van der Waals surface area (Å²) in [6.45, 7) is 4.74. The molecule has 1 saturated heterocycles. The van der Waals surface area contributed by atoms with Crippen molar-refractivity contribution in [1.29, 1.82) is 0 Å². The third-order valence-corrected chi connectivity index (χ3v) is 5.17. The van der Waals surface area contributed by atoms with Crippen LogP contribution in [0.1, 0.15) is 26.3 Å². The van der Waals surface area contributed by atoms with Crippen LogP contribution in [0.3, 0.4) is 0 Å². The van der Waals surface area contributed by atoms with Gasteiger partial charge in [-0.3, -0.25) is 18.6 Å². The number of carbonyl (C=O) groups excluding carboxylic acids is 3. The lowest BCUT2D eigenvalue weighted by molar-refractivity contribution is -0.197. The molecule has 1 aliphatic heterocycles. The molecule has 0 aliphatic carbocycles. The van der Waals surface area contributed by atoms with Crippen LogP contribution in [0.15, 0.2) is 29.2 Å². The minimum absolute atomic E-state index is 0.133. The van der Waals surface area contributed by atoms with E-state index in [0.29, 0.717) is 0 Å². The molecule has 2 rings (SSSR count). The number of esters is 3. The van der Waals surface area contributed by atoms with Crippen LogP contribution < -0.4 is 0 Å². The van der Waals surface area contributed by atoms with Crippen molar-refractivity contribution in [1.82, 2.24) is 0 Å². The Morgan fingerprint density at radius 3 is 2.03 bits per heavy atom. The van der Waals surface area contributed by atoms with Gasteiger partial charge in [-0.05, 0) is 19.1 Å². The van der Waals surface area contributed by atoms with Gasteiger partial charge in [0.1, 0.15) is 12.7 Å². The zero-order chi connectivity index (χ0) is 21.8. The maximum Gasteiger partial charge on any atom is 0.305 e. The molecule has 1 heterocycles. The highest BCUT2D eigenvalue weighted by atomic mass is 32.2. The summed E-state index contributed by atoms with van der Waals surface area (Å²) in [5.74, 6) is -2.17. The van der Waals surface area contributed by atoms with Crippen LogP contribution in [0, 0.1) is 6.92 Å². The predicted octanol–water partition coefficient (Wildman–Crippen LogP) is 0.852. The maximum atomic E-state index is 12.7. The van der Waals surface area contributed by atoms with E-state index in [1.54, 1.807) is 19.1 Å². The van der Waals surface area contributed by atoms with E-state index in [4.69, 9.17) is 23.1 Å². The molecule has 1 aromatic rings. The van der Waals surface area contributed by atoms with Gasteiger partial charge in [0, 0.05) is 20.8 Å². The lowest BCUT2D eigenvalue weighted by Crippen LogP contribution is -2.42. The second kappa shape index (κ2) is 9.33. The summed E-state index contributed by atoms with van der Waals surface area (Å²) < 4.78 is 51.1. The normalized spacial score (nSPS) is 24.0. The summed E-state index contributed by atoms with van der Waals surface area (Å²) >= 11 is 0. The molecule has 1 fully saturated rings. The summed E-state index contributed by atoms with van der Waals surface area (Å²) in [6, 6.07) is 5.88. The van der Waals surface area contributed by atoms with Crippen molar-refractivity contribution >= 4 is 28.0 Å². The quantitative estimate of drug-likeness (QED) is 0.348. The second-order valence-corrected chi connectivity index (χ2v) is 7.93. The molecule has 0 bridgehead atoms. The molecule has 160 valence electrons. The van der Waals surface area contributed by atoms with Crippen molar-refractivity contribution in [3.63, 3.8) is 0 Å². The molecule has 0 aromatic heterocycles. The molecule has 29 heavy (non-hydrogen) atoms. The monoisotopic (exact) mass is 430 g/mol. The third-order valence-electron chi connectivity index (χ3n) is 3.85. The first-order chi connectivity index (χ1) is 13.5. The Hall–Kier alpha value is -2.50. The standard InChI is InChI=1S/C18H22O10S/c1-10-5-7-14(8-6-10)29(22,23)28-16-15(9-24-11(2)19)27-18(26-13(4)21)17(16)25-12(3)20/h5-8,15-18H,9H2,1-4H3/t15-,16+,17-,18?/m1/s1. The van der Waals surface area contributed by atoms with Crippen molar-refractivity contribution in [3.05, 3.63) is 29.8 Å². The zero-order valence-electron chi connectivity index (χ0n) is 16.3. The Balaban J connectivity index is 2.35. The number of rotatable bonds is 7. The van der Waals surface area contributed by atoms with Crippen LogP contribution in [0.2, 0.25) is 0 Å². The first kappa shape index (κ1) is 22.8. The summed E-state index contributed by atoms with van der Waals surface area (Å²) in [5.41, 5.74) is 0.841. The van der Waals surface area contributed by atoms with E-state index in [-0.39, 0.29) is 4.90 Å².